The van der Waals surface area contributed by atoms with Gasteiger partial charge in [-0.15, -0.1) is 11.3 Å². The van der Waals surface area contributed by atoms with Crippen molar-refractivity contribution in [3.05, 3.63) is 68.7 Å². The molecule has 1 heterocycles. The van der Waals surface area contributed by atoms with Gasteiger partial charge in [-0.05, 0) is 40.8 Å². The third kappa shape index (κ3) is 4.18. The van der Waals surface area contributed by atoms with Crippen LogP contribution in [0.25, 0.3) is 10.6 Å². The van der Waals surface area contributed by atoms with Crippen LogP contribution in [0.3, 0.4) is 0 Å². The molecule has 0 aliphatic rings. The number of thiazole rings is 1. The van der Waals surface area contributed by atoms with Gasteiger partial charge in [0, 0.05) is 9.13 Å². The Labute approximate surface area is 159 Å². The topological polar surface area (TPSA) is 42.0 Å². The SMILES string of the molecule is O=C(Nc1cc(C(F)(F)F)ccc1I)c1cnc(-c2ccccc2)s1. The van der Waals surface area contributed by atoms with Gasteiger partial charge in [0.15, 0.2) is 0 Å². The van der Waals surface area contributed by atoms with Crippen LogP contribution < -0.4 is 5.32 Å². The van der Waals surface area contributed by atoms with E-state index in [0.717, 1.165) is 17.7 Å². The van der Waals surface area contributed by atoms with Crippen LogP contribution in [-0.4, -0.2) is 10.9 Å². The Kier molecular flexibility index (Phi) is 5.09. The summed E-state index contributed by atoms with van der Waals surface area (Å²) in [5.41, 5.74) is 0.188. The van der Waals surface area contributed by atoms with Crippen LogP contribution in [0.4, 0.5) is 18.9 Å². The maximum atomic E-state index is 12.8. The molecule has 1 aromatic heterocycles. The second kappa shape index (κ2) is 7.12. The van der Waals surface area contributed by atoms with E-state index in [2.05, 4.69) is 10.3 Å². The Morgan fingerprint density at radius 1 is 1.12 bits per heavy atom. The second-order valence-electron chi connectivity index (χ2n) is 5.04. The number of nitrogens with one attached hydrogen (secondary N) is 1. The summed E-state index contributed by atoms with van der Waals surface area (Å²) in [6, 6.07) is 12.6. The maximum Gasteiger partial charge on any atom is 0.416 e. The lowest BCUT2D eigenvalue weighted by atomic mass is 10.2. The van der Waals surface area contributed by atoms with E-state index in [1.54, 1.807) is 0 Å². The van der Waals surface area contributed by atoms with Crippen LogP contribution in [0.15, 0.2) is 54.7 Å². The quantitative estimate of drug-likeness (QED) is 0.496. The molecule has 0 saturated heterocycles. The molecule has 3 rings (SSSR count). The average molecular weight is 474 g/mol. The molecule has 0 aliphatic carbocycles. The first kappa shape index (κ1) is 17.9. The van der Waals surface area contributed by atoms with Gasteiger partial charge in [0.2, 0.25) is 0 Å². The third-order valence-electron chi connectivity index (χ3n) is 3.29. The van der Waals surface area contributed by atoms with Crippen molar-refractivity contribution >= 4 is 45.5 Å². The number of hydrogen-bond donors (Lipinski definition) is 1. The molecule has 1 amide bonds. The standard InChI is InChI=1S/C17H10F3IN2OS/c18-17(19,20)11-6-7-12(21)13(8-11)23-15(24)14-9-22-16(25-14)10-4-2-1-3-5-10/h1-9H,(H,23,24). The summed E-state index contributed by atoms with van der Waals surface area (Å²) in [4.78, 5) is 16.9. The van der Waals surface area contributed by atoms with E-state index in [1.165, 1.54) is 23.6 Å². The van der Waals surface area contributed by atoms with E-state index in [9.17, 15) is 18.0 Å². The maximum absolute atomic E-state index is 12.8. The number of carbonyl (C=O) groups is 1. The van der Waals surface area contributed by atoms with Gasteiger partial charge in [0.25, 0.3) is 5.91 Å². The van der Waals surface area contributed by atoms with Crippen molar-refractivity contribution in [2.45, 2.75) is 6.18 Å². The number of aromatic nitrogens is 1. The van der Waals surface area contributed by atoms with E-state index >= 15 is 0 Å². The number of amides is 1. The summed E-state index contributed by atoms with van der Waals surface area (Å²) in [7, 11) is 0. The zero-order valence-electron chi connectivity index (χ0n) is 12.5. The predicted octanol–water partition coefficient (Wildman–Crippen LogP) is 5.69. The minimum absolute atomic E-state index is 0.120. The van der Waals surface area contributed by atoms with Crippen molar-refractivity contribution in [2.24, 2.45) is 0 Å². The fraction of sp³-hybridized carbons (Fsp3) is 0.0588. The Morgan fingerprint density at radius 2 is 1.84 bits per heavy atom. The molecule has 0 spiro atoms. The highest BCUT2D eigenvalue weighted by Crippen LogP contribution is 2.33. The summed E-state index contributed by atoms with van der Waals surface area (Å²) in [6.07, 6.45) is -3.04. The largest absolute Gasteiger partial charge is 0.416 e. The molecule has 0 saturated carbocycles. The van der Waals surface area contributed by atoms with Gasteiger partial charge in [-0.3, -0.25) is 4.79 Å². The van der Waals surface area contributed by atoms with Gasteiger partial charge in [-0.1, -0.05) is 30.3 Å². The normalized spacial score (nSPS) is 11.4. The molecule has 0 fully saturated rings. The van der Waals surface area contributed by atoms with Crippen LogP contribution in [0.1, 0.15) is 15.2 Å². The van der Waals surface area contributed by atoms with Crippen LogP contribution in [-0.2, 0) is 6.18 Å². The Bertz CT molecular complexity index is 910. The van der Waals surface area contributed by atoms with Crippen LogP contribution in [0.5, 0.6) is 0 Å². The van der Waals surface area contributed by atoms with Gasteiger partial charge in [0.1, 0.15) is 9.88 Å². The van der Waals surface area contributed by atoms with Crippen molar-refractivity contribution in [3.63, 3.8) is 0 Å². The zero-order valence-corrected chi connectivity index (χ0v) is 15.4. The van der Waals surface area contributed by atoms with Gasteiger partial charge < -0.3 is 5.32 Å². The summed E-state index contributed by atoms with van der Waals surface area (Å²) < 4.78 is 39.0. The smallest absolute Gasteiger partial charge is 0.320 e. The first-order valence-electron chi connectivity index (χ1n) is 7.04. The molecule has 0 bridgehead atoms. The van der Waals surface area contributed by atoms with Gasteiger partial charge in [-0.2, -0.15) is 13.2 Å². The Balaban J connectivity index is 1.83. The molecule has 25 heavy (non-hydrogen) atoms. The van der Waals surface area contributed by atoms with Crippen molar-refractivity contribution in [3.8, 4) is 10.6 Å². The molecular weight excluding hydrogens is 464 g/mol. The summed E-state index contributed by atoms with van der Waals surface area (Å²) in [5, 5.41) is 3.20. The number of hydrogen-bond acceptors (Lipinski definition) is 3. The molecule has 0 unspecified atom stereocenters. The molecule has 1 N–H and O–H groups in total. The van der Waals surface area contributed by atoms with E-state index in [0.29, 0.717) is 13.5 Å². The molecule has 3 aromatic rings. The van der Waals surface area contributed by atoms with Crippen molar-refractivity contribution in [1.29, 1.82) is 0 Å². The van der Waals surface area contributed by atoms with Crippen LogP contribution >= 0.6 is 33.9 Å². The number of rotatable bonds is 3. The zero-order chi connectivity index (χ0) is 18.0. The third-order valence-corrected chi connectivity index (χ3v) is 5.28. The van der Waals surface area contributed by atoms with Crippen LogP contribution in [0.2, 0.25) is 0 Å². The minimum Gasteiger partial charge on any atom is -0.320 e. The molecule has 128 valence electrons. The molecule has 0 aliphatic heterocycles. The predicted molar refractivity (Wildman–Crippen MR) is 99.7 cm³/mol. The van der Waals surface area contributed by atoms with E-state index < -0.39 is 17.6 Å². The van der Waals surface area contributed by atoms with Gasteiger partial charge in [-0.25, -0.2) is 4.98 Å². The number of alkyl halides is 3. The lowest BCUT2D eigenvalue weighted by Crippen LogP contribution is -2.13. The number of nitrogens with zero attached hydrogens (tertiary/aromatic N) is 1. The Hall–Kier alpha value is -1.94. The van der Waals surface area contributed by atoms with Gasteiger partial charge in [0.05, 0.1) is 17.4 Å². The first-order valence-corrected chi connectivity index (χ1v) is 8.93. The molecule has 8 heteroatoms. The van der Waals surface area contributed by atoms with E-state index in [1.807, 2.05) is 52.9 Å². The first-order chi connectivity index (χ1) is 11.8. The lowest BCUT2D eigenvalue weighted by Gasteiger charge is -2.11. The van der Waals surface area contributed by atoms with E-state index in [-0.39, 0.29) is 5.69 Å². The van der Waals surface area contributed by atoms with E-state index in [4.69, 9.17) is 0 Å². The number of carbonyl (C=O) groups excluding carboxylic acids is 1. The minimum atomic E-state index is -4.46. The Morgan fingerprint density at radius 3 is 2.52 bits per heavy atom. The monoisotopic (exact) mass is 474 g/mol. The fourth-order valence-electron chi connectivity index (χ4n) is 2.07. The van der Waals surface area contributed by atoms with Crippen molar-refractivity contribution < 1.29 is 18.0 Å². The summed E-state index contributed by atoms with van der Waals surface area (Å²) in [6.45, 7) is 0. The molecule has 2 aromatic carbocycles. The molecule has 0 radical (unpaired) electrons. The molecule has 3 nitrogen and oxygen atoms in total. The van der Waals surface area contributed by atoms with Crippen molar-refractivity contribution in [1.82, 2.24) is 4.98 Å². The van der Waals surface area contributed by atoms with Crippen molar-refractivity contribution in [2.75, 3.05) is 5.32 Å². The number of anilines is 1. The average Bonchev–Trinajstić information content (AvgIpc) is 3.07. The summed E-state index contributed by atoms with van der Waals surface area (Å²) in [5.74, 6) is -0.489. The second-order valence-corrected chi connectivity index (χ2v) is 7.24. The molecular formula is C17H10F3IN2OS. The highest BCUT2D eigenvalue weighted by molar-refractivity contribution is 14.1. The molecule has 0 atom stereocenters. The number of halogens is 4. The fourth-order valence-corrected chi connectivity index (χ4v) is 3.36. The highest BCUT2D eigenvalue weighted by atomic mass is 127. The summed E-state index contributed by atoms with van der Waals surface area (Å²) >= 11 is 3.06. The highest BCUT2D eigenvalue weighted by Gasteiger charge is 2.31. The van der Waals surface area contributed by atoms with Gasteiger partial charge >= 0.3 is 6.18 Å². The van der Waals surface area contributed by atoms with Crippen LogP contribution in [0, 0.1) is 3.57 Å². The number of benzene rings is 2. The lowest BCUT2D eigenvalue weighted by molar-refractivity contribution is -0.137.